The summed E-state index contributed by atoms with van der Waals surface area (Å²) in [6.07, 6.45) is 2.71. The van der Waals surface area contributed by atoms with Crippen LogP contribution in [0.15, 0.2) is 59.5 Å². The molecule has 0 saturated heterocycles. The third-order valence-corrected chi connectivity index (χ3v) is 6.84. The highest BCUT2D eigenvalue weighted by Gasteiger charge is 2.22. The van der Waals surface area contributed by atoms with Crippen molar-refractivity contribution >= 4 is 22.9 Å². The molecule has 0 unspecified atom stereocenters. The van der Waals surface area contributed by atoms with Gasteiger partial charge in [-0.15, -0.1) is 11.3 Å². The van der Waals surface area contributed by atoms with E-state index in [2.05, 4.69) is 33.9 Å². The Morgan fingerprint density at radius 3 is 2.77 bits per heavy atom. The third kappa shape index (κ3) is 4.19. The second-order valence-electron chi connectivity index (χ2n) is 7.75. The summed E-state index contributed by atoms with van der Waals surface area (Å²) in [5.74, 6) is 0.596. The van der Waals surface area contributed by atoms with E-state index in [1.807, 2.05) is 30.5 Å². The van der Waals surface area contributed by atoms with E-state index in [0.29, 0.717) is 17.4 Å². The number of aromatic amines is 1. The fourth-order valence-corrected chi connectivity index (χ4v) is 5.07. The fourth-order valence-electron chi connectivity index (χ4n) is 3.90. The number of nitrogens with zero attached hydrogens (tertiary/aromatic N) is 3. The number of hydrogen-bond acceptors (Lipinski definition) is 5. The second kappa shape index (κ2) is 8.38. The molecule has 0 amide bonds. The summed E-state index contributed by atoms with van der Waals surface area (Å²) in [5, 5.41) is 1.70. The number of nitrogens with one attached hydrogen (secondary N) is 1. The Hall–Kier alpha value is -2.80. The van der Waals surface area contributed by atoms with E-state index in [9.17, 15) is 4.79 Å². The minimum Gasteiger partial charge on any atom is -0.306 e. The molecule has 5 rings (SSSR count). The summed E-state index contributed by atoms with van der Waals surface area (Å²) >= 11 is 7.69. The van der Waals surface area contributed by atoms with Crippen molar-refractivity contribution in [1.82, 2.24) is 19.9 Å². The molecular formula is C24H21ClN4OS. The zero-order valence-electron chi connectivity index (χ0n) is 17.1. The molecule has 0 spiro atoms. The smallest absolute Gasteiger partial charge is 0.255 e. The van der Waals surface area contributed by atoms with Gasteiger partial charge in [-0.1, -0.05) is 35.9 Å². The van der Waals surface area contributed by atoms with Gasteiger partial charge in [-0.3, -0.25) is 9.69 Å². The van der Waals surface area contributed by atoms with Crippen LogP contribution in [0.3, 0.4) is 0 Å². The van der Waals surface area contributed by atoms with Crippen LogP contribution in [0.25, 0.3) is 22.0 Å². The molecule has 7 heteroatoms. The minimum absolute atomic E-state index is 0.0652. The van der Waals surface area contributed by atoms with Gasteiger partial charge < -0.3 is 4.98 Å². The number of benzene rings is 2. The van der Waals surface area contributed by atoms with Gasteiger partial charge in [0.2, 0.25) is 0 Å². The molecular weight excluding hydrogens is 428 g/mol. The van der Waals surface area contributed by atoms with Crippen molar-refractivity contribution in [2.24, 2.45) is 0 Å². The number of hydrogen-bond donors (Lipinski definition) is 1. The van der Waals surface area contributed by atoms with E-state index in [0.717, 1.165) is 41.3 Å². The molecule has 0 fully saturated rings. The summed E-state index contributed by atoms with van der Waals surface area (Å²) in [4.78, 5) is 28.6. The Kier molecular flexibility index (Phi) is 5.44. The maximum Gasteiger partial charge on any atom is 0.255 e. The van der Waals surface area contributed by atoms with Gasteiger partial charge >= 0.3 is 0 Å². The molecule has 2 aromatic carbocycles. The average Bonchev–Trinajstić information content (AvgIpc) is 3.23. The van der Waals surface area contributed by atoms with Gasteiger partial charge in [-0.25, -0.2) is 9.97 Å². The number of thiazole rings is 1. The van der Waals surface area contributed by atoms with Crippen LogP contribution >= 0.6 is 22.9 Å². The molecule has 0 saturated carbocycles. The highest BCUT2D eigenvalue weighted by Crippen LogP contribution is 2.29. The van der Waals surface area contributed by atoms with Crippen molar-refractivity contribution in [3.8, 4) is 22.0 Å². The molecule has 1 aliphatic rings. The summed E-state index contributed by atoms with van der Waals surface area (Å²) in [6.45, 7) is 4.34. The molecule has 0 radical (unpaired) electrons. The van der Waals surface area contributed by atoms with Gasteiger partial charge in [0.25, 0.3) is 5.56 Å². The van der Waals surface area contributed by atoms with Crippen LogP contribution in [0.1, 0.15) is 21.7 Å². The second-order valence-corrected chi connectivity index (χ2v) is 9.31. The number of aryl methyl sites for hydroxylation is 1. The van der Waals surface area contributed by atoms with Crippen LogP contribution in [-0.2, 0) is 19.5 Å². The lowest BCUT2D eigenvalue weighted by atomic mass is 10.1. The molecule has 156 valence electrons. The van der Waals surface area contributed by atoms with Crippen molar-refractivity contribution < 1.29 is 0 Å². The van der Waals surface area contributed by atoms with Gasteiger partial charge in [0, 0.05) is 53.3 Å². The van der Waals surface area contributed by atoms with Gasteiger partial charge in [-0.05, 0) is 36.8 Å². The fraction of sp³-hybridized carbons (Fsp3) is 0.208. The zero-order chi connectivity index (χ0) is 21.4. The Balaban J connectivity index is 1.34. The van der Waals surface area contributed by atoms with Crippen molar-refractivity contribution in [3.05, 3.63) is 91.8 Å². The Morgan fingerprint density at radius 2 is 1.97 bits per heavy atom. The van der Waals surface area contributed by atoms with Gasteiger partial charge in [0.1, 0.15) is 10.8 Å². The molecule has 0 aliphatic carbocycles. The van der Waals surface area contributed by atoms with Crippen LogP contribution in [0, 0.1) is 6.92 Å². The molecule has 2 aromatic heterocycles. The van der Waals surface area contributed by atoms with E-state index in [-0.39, 0.29) is 5.56 Å². The maximum absolute atomic E-state index is 12.8. The summed E-state index contributed by atoms with van der Waals surface area (Å²) < 4.78 is 0. The van der Waals surface area contributed by atoms with E-state index < -0.39 is 0 Å². The number of H-pyrrole nitrogens is 1. The average molecular weight is 449 g/mol. The Labute approximate surface area is 189 Å². The quantitative estimate of drug-likeness (QED) is 0.473. The zero-order valence-corrected chi connectivity index (χ0v) is 18.6. The van der Waals surface area contributed by atoms with Crippen LogP contribution < -0.4 is 5.56 Å². The van der Waals surface area contributed by atoms with Crippen molar-refractivity contribution in [2.45, 2.75) is 26.4 Å². The summed E-state index contributed by atoms with van der Waals surface area (Å²) in [6, 6.07) is 15.7. The lowest BCUT2D eigenvalue weighted by Crippen LogP contribution is -2.35. The predicted molar refractivity (Wildman–Crippen MR) is 125 cm³/mol. The van der Waals surface area contributed by atoms with Gasteiger partial charge in [-0.2, -0.15) is 0 Å². The summed E-state index contributed by atoms with van der Waals surface area (Å²) in [5.41, 5.74) is 4.84. The van der Waals surface area contributed by atoms with Crippen LogP contribution in [0.2, 0.25) is 5.02 Å². The van der Waals surface area contributed by atoms with E-state index in [4.69, 9.17) is 16.6 Å². The highest BCUT2D eigenvalue weighted by atomic mass is 35.5. The minimum atomic E-state index is -0.0652. The van der Waals surface area contributed by atoms with Crippen LogP contribution in [-0.4, -0.2) is 26.4 Å². The summed E-state index contributed by atoms with van der Waals surface area (Å²) in [7, 11) is 0. The largest absolute Gasteiger partial charge is 0.306 e. The van der Waals surface area contributed by atoms with Crippen molar-refractivity contribution in [3.63, 3.8) is 0 Å². The van der Waals surface area contributed by atoms with E-state index in [1.165, 1.54) is 16.0 Å². The Bertz CT molecular complexity index is 1300. The number of fused-ring (bicyclic) bond motifs is 1. The molecule has 1 aliphatic heterocycles. The van der Waals surface area contributed by atoms with Crippen LogP contribution in [0.5, 0.6) is 0 Å². The van der Waals surface area contributed by atoms with Crippen LogP contribution in [0.4, 0.5) is 0 Å². The number of rotatable bonds is 4. The molecule has 0 bridgehead atoms. The molecule has 1 N–H and O–H groups in total. The predicted octanol–water partition coefficient (Wildman–Crippen LogP) is 5.08. The van der Waals surface area contributed by atoms with Crippen molar-refractivity contribution in [1.29, 1.82) is 0 Å². The number of aromatic nitrogens is 3. The monoisotopic (exact) mass is 448 g/mol. The number of halogens is 1. The van der Waals surface area contributed by atoms with E-state index in [1.54, 1.807) is 23.5 Å². The first-order valence-corrected chi connectivity index (χ1v) is 11.4. The first-order chi connectivity index (χ1) is 15.1. The highest BCUT2D eigenvalue weighted by molar-refractivity contribution is 7.15. The van der Waals surface area contributed by atoms with Gasteiger partial charge in [0.15, 0.2) is 0 Å². The Morgan fingerprint density at radius 1 is 1.16 bits per heavy atom. The lowest BCUT2D eigenvalue weighted by Gasteiger charge is -2.27. The molecule has 0 atom stereocenters. The SMILES string of the molecule is Cc1ccccc1-c1ncc(CN2CCc3nc(-c4ccc(Cl)cc4)[nH]c(=O)c3C2)s1. The molecule has 4 aromatic rings. The topological polar surface area (TPSA) is 61.9 Å². The van der Waals surface area contributed by atoms with Gasteiger partial charge in [0.05, 0.1) is 11.3 Å². The molecule has 31 heavy (non-hydrogen) atoms. The molecule has 3 heterocycles. The first-order valence-electron chi connectivity index (χ1n) is 10.2. The lowest BCUT2D eigenvalue weighted by molar-refractivity contribution is 0.244. The normalized spacial score (nSPS) is 13.9. The van der Waals surface area contributed by atoms with E-state index >= 15 is 0 Å². The first kappa shape index (κ1) is 20.1. The third-order valence-electron chi connectivity index (χ3n) is 5.57. The standard InChI is InChI=1S/C24H21ClN4OS/c1-15-4-2-3-5-19(15)24-26-12-18(31-24)13-29-11-10-21-20(14-29)23(30)28-22(27-21)16-6-8-17(25)9-7-16/h2-9,12H,10-11,13-14H2,1H3,(H,27,28,30). The maximum atomic E-state index is 12.8. The van der Waals surface area contributed by atoms with Crippen molar-refractivity contribution in [2.75, 3.05) is 6.54 Å². The molecule has 5 nitrogen and oxygen atoms in total.